The van der Waals surface area contributed by atoms with Gasteiger partial charge < -0.3 is 26.6 Å². The van der Waals surface area contributed by atoms with Gasteiger partial charge in [0.2, 0.25) is 0 Å². The minimum atomic E-state index is 0.00694. The molecule has 1 aliphatic carbocycles. The molecule has 0 bridgehead atoms. The van der Waals surface area contributed by atoms with Gasteiger partial charge >= 0.3 is 33.3 Å². The predicted octanol–water partition coefficient (Wildman–Crippen LogP) is 1.41. The van der Waals surface area contributed by atoms with Gasteiger partial charge in [-0.05, 0) is 26.7 Å². The number of hydrogen-bond donors (Lipinski definition) is 5. The second-order valence-electron chi connectivity index (χ2n) is 6.83. The van der Waals surface area contributed by atoms with E-state index in [0.717, 1.165) is 39.3 Å². The molecule has 1 saturated carbocycles. The zero-order chi connectivity index (χ0) is 17.6. The first kappa shape index (κ1) is 22.9. The first-order valence-corrected chi connectivity index (χ1v) is 12.4. The van der Waals surface area contributed by atoms with Crippen molar-refractivity contribution in [1.82, 2.24) is 26.6 Å². The summed E-state index contributed by atoms with van der Waals surface area (Å²) in [6, 6.07) is 2.35. The van der Waals surface area contributed by atoms with Crippen molar-refractivity contribution in [2.24, 2.45) is 0 Å². The number of rotatable bonds is 0. The standard InChI is InChI=1S/C16H35N5.2ClH.Mn/c1-13-11-20-15-5-3-4-6-16(15)21-12-14(2)19-10-8-17-7-9-18-13;;;/h13-21H,3-12H2,1-2H3;2*1H;/q;;;+2/p-2/t13-,14-,15?,16?;;;/m0.../s1. The summed E-state index contributed by atoms with van der Waals surface area (Å²) in [6.07, 6.45) is 5.37. The van der Waals surface area contributed by atoms with Crippen LogP contribution >= 0.6 is 20.2 Å². The monoisotopic (exact) mass is 422 g/mol. The fourth-order valence-electron chi connectivity index (χ4n) is 3.36. The van der Waals surface area contributed by atoms with Crippen molar-refractivity contribution in [2.45, 2.75) is 63.7 Å². The van der Waals surface area contributed by atoms with E-state index in [9.17, 15) is 0 Å². The third-order valence-electron chi connectivity index (χ3n) is 4.73. The Hall–Kier alpha value is 0.899. The molecule has 4 atom stereocenters. The molecule has 2 aliphatic rings. The van der Waals surface area contributed by atoms with Crippen molar-refractivity contribution < 1.29 is 13.1 Å². The molecule has 1 aliphatic heterocycles. The van der Waals surface area contributed by atoms with Crippen LogP contribution in [0.3, 0.4) is 0 Å². The zero-order valence-corrected chi connectivity index (χ0v) is 17.7. The average molecular weight is 423 g/mol. The Bertz CT molecular complexity index is 276. The fraction of sp³-hybridized carbons (Fsp3) is 1.00. The van der Waals surface area contributed by atoms with Gasteiger partial charge in [0.1, 0.15) is 0 Å². The second kappa shape index (κ2) is 15.0. The number of halogens is 2. The molecule has 0 amide bonds. The molecule has 2 fully saturated rings. The van der Waals surface area contributed by atoms with E-state index in [1.165, 1.54) is 25.7 Å². The van der Waals surface area contributed by atoms with E-state index in [-0.39, 0.29) is 13.1 Å². The Morgan fingerprint density at radius 3 is 1.54 bits per heavy atom. The van der Waals surface area contributed by atoms with Crippen molar-refractivity contribution in [2.75, 3.05) is 39.3 Å². The third-order valence-corrected chi connectivity index (χ3v) is 4.73. The van der Waals surface area contributed by atoms with E-state index in [1.807, 2.05) is 0 Å². The Labute approximate surface area is 162 Å². The predicted molar refractivity (Wildman–Crippen MR) is 102 cm³/mol. The van der Waals surface area contributed by atoms with Gasteiger partial charge in [-0.3, -0.25) is 0 Å². The zero-order valence-electron chi connectivity index (χ0n) is 15.0. The van der Waals surface area contributed by atoms with Crippen LogP contribution in [0.1, 0.15) is 39.5 Å². The number of fused-ring (bicyclic) bond motifs is 1. The SMILES string of the molecule is C[C@H]1CNC2CCCCC2NC[C@H](C)NCCNCCN1.[Cl][Mn][Cl]. The van der Waals surface area contributed by atoms with Crippen LogP contribution in [0.15, 0.2) is 0 Å². The van der Waals surface area contributed by atoms with Crippen molar-refractivity contribution in [3.05, 3.63) is 0 Å². The fourth-order valence-corrected chi connectivity index (χ4v) is 3.36. The van der Waals surface area contributed by atoms with Crippen LogP contribution in [-0.2, 0) is 13.1 Å². The molecule has 0 spiro atoms. The molecule has 145 valence electrons. The Morgan fingerprint density at radius 2 is 1.12 bits per heavy atom. The van der Waals surface area contributed by atoms with Crippen LogP contribution < -0.4 is 26.6 Å². The Kier molecular flexibility index (Phi) is 14.3. The van der Waals surface area contributed by atoms with Gasteiger partial charge in [0.25, 0.3) is 0 Å². The van der Waals surface area contributed by atoms with Gasteiger partial charge in [0.05, 0.1) is 0 Å². The average Bonchev–Trinajstić information content (AvgIpc) is 2.58. The van der Waals surface area contributed by atoms with E-state index in [2.05, 4.69) is 40.4 Å². The molecule has 0 aromatic heterocycles. The summed E-state index contributed by atoms with van der Waals surface area (Å²) >= 11 is 0.00694. The minimum absolute atomic E-state index is 0.00694. The summed E-state index contributed by atoms with van der Waals surface area (Å²) in [6.45, 7) is 10.9. The molecule has 0 aromatic rings. The van der Waals surface area contributed by atoms with Crippen molar-refractivity contribution in [3.63, 3.8) is 0 Å². The molecule has 0 aromatic carbocycles. The summed E-state index contributed by atoms with van der Waals surface area (Å²) in [5.74, 6) is 0. The van der Waals surface area contributed by atoms with Crippen molar-refractivity contribution >= 4 is 20.2 Å². The van der Waals surface area contributed by atoms with Crippen LogP contribution in [0.5, 0.6) is 0 Å². The van der Waals surface area contributed by atoms with E-state index in [1.54, 1.807) is 0 Å². The van der Waals surface area contributed by atoms with E-state index in [0.29, 0.717) is 24.2 Å². The summed E-state index contributed by atoms with van der Waals surface area (Å²) in [7, 11) is 9.59. The number of hydrogen-bond acceptors (Lipinski definition) is 5. The Balaban J connectivity index is 0.000000891. The van der Waals surface area contributed by atoms with Crippen LogP contribution in [-0.4, -0.2) is 63.4 Å². The molecule has 24 heavy (non-hydrogen) atoms. The van der Waals surface area contributed by atoms with Gasteiger partial charge in [-0.1, -0.05) is 12.8 Å². The van der Waals surface area contributed by atoms with Crippen LogP contribution in [0.4, 0.5) is 0 Å². The van der Waals surface area contributed by atoms with E-state index in [4.69, 9.17) is 20.2 Å². The van der Waals surface area contributed by atoms with Gasteiger partial charge in [-0.2, -0.15) is 0 Å². The third kappa shape index (κ3) is 10.8. The second-order valence-corrected chi connectivity index (χ2v) is 8.78. The molecule has 5 N–H and O–H groups in total. The van der Waals surface area contributed by atoms with Gasteiger partial charge in [-0.15, -0.1) is 0 Å². The topological polar surface area (TPSA) is 60.1 Å². The van der Waals surface area contributed by atoms with Gasteiger partial charge in [-0.25, -0.2) is 0 Å². The van der Waals surface area contributed by atoms with E-state index < -0.39 is 0 Å². The Morgan fingerprint density at radius 1 is 0.708 bits per heavy atom. The van der Waals surface area contributed by atoms with Crippen LogP contribution in [0, 0.1) is 0 Å². The van der Waals surface area contributed by atoms with Gasteiger partial charge in [0.15, 0.2) is 0 Å². The first-order valence-electron chi connectivity index (χ1n) is 9.18. The molecular weight excluding hydrogens is 388 g/mol. The van der Waals surface area contributed by atoms with E-state index >= 15 is 0 Å². The summed E-state index contributed by atoms with van der Waals surface area (Å²) < 4.78 is 0. The molecule has 2 rings (SSSR count). The molecule has 2 unspecified atom stereocenters. The molecular formula is C16H35Cl2MnN5. The van der Waals surface area contributed by atoms with Crippen LogP contribution in [0.25, 0.3) is 0 Å². The normalized spacial score (nSPS) is 34.0. The summed E-state index contributed by atoms with van der Waals surface area (Å²) in [4.78, 5) is 0. The molecule has 1 heterocycles. The molecule has 5 nitrogen and oxygen atoms in total. The quantitative estimate of drug-likeness (QED) is 0.382. The van der Waals surface area contributed by atoms with Crippen molar-refractivity contribution in [3.8, 4) is 0 Å². The summed E-state index contributed by atoms with van der Waals surface area (Å²) in [5, 5.41) is 18.2. The van der Waals surface area contributed by atoms with Gasteiger partial charge in [0, 0.05) is 63.4 Å². The molecule has 0 radical (unpaired) electrons. The maximum atomic E-state index is 4.80. The first-order chi connectivity index (χ1) is 11.7. The number of nitrogens with one attached hydrogen (secondary N) is 5. The molecule has 1 saturated heterocycles. The molecule has 8 heteroatoms. The van der Waals surface area contributed by atoms with Crippen molar-refractivity contribution in [1.29, 1.82) is 0 Å². The maximum absolute atomic E-state index is 4.80. The summed E-state index contributed by atoms with van der Waals surface area (Å²) in [5.41, 5.74) is 0. The van der Waals surface area contributed by atoms with Crippen LogP contribution in [0.2, 0.25) is 0 Å².